The Hall–Kier alpha value is 0.730. The Morgan fingerprint density at radius 1 is 1.71 bits per heavy atom. The summed E-state index contributed by atoms with van der Waals surface area (Å²) in [6.45, 7) is 5.09. The van der Waals surface area contributed by atoms with Crippen molar-refractivity contribution in [3.05, 3.63) is 0 Å². The molecular weight excluding hydrogens is 177 g/mol. The zero-order chi connectivity index (χ0) is 5.86. The largest absolute Gasteiger partial charge is 0.155 e. The van der Waals surface area contributed by atoms with E-state index in [1.165, 1.54) is 3.45 Å². The van der Waals surface area contributed by atoms with Gasteiger partial charge < -0.3 is 0 Å². The Kier molecular flexibility index (Phi) is 4.08. The lowest BCUT2D eigenvalue weighted by Gasteiger charge is -2.05. The molecule has 0 atom stereocenters. The molecule has 0 fully saturated rings. The van der Waals surface area contributed by atoms with E-state index in [4.69, 9.17) is 11.8 Å². The highest BCUT2D eigenvalue weighted by molar-refractivity contribution is 9.08. The first kappa shape index (κ1) is 7.73. The molecule has 0 bridgehead atoms. The van der Waals surface area contributed by atoms with E-state index >= 15 is 0 Å². The smallest absolute Gasteiger partial charge is 0.0289 e. The van der Waals surface area contributed by atoms with Crippen LogP contribution >= 0.6 is 27.9 Å². The Morgan fingerprint density at radius 2 is 2.14 bits per heavy atom. The summed E-state index contributed by atoms with van der Waals surface area (Å²) in [7, 11) is 0. The molecule has 0 unspecified atom stereocenters. The topological polar surface area (TPSA) is 3.24 Å². The molecule has 3 heteroatoms. The van der Waals surface area contributed by atoms with E-state index in [1.54, 1.807) is 0 Å². The average Bonchev–Trinajstić information content (AvgIpc) is 1.27. The molecule has 1 nitrogen and oxygen atoms in total. The van der Waals surface area contributed by atoms with Crippen molar-refractivity contribution in [3.8, 4) is 0 Å². The van der Waals surface area contributed by atoms with Crippen molar-refractivity contribution in [2.45, 2.75) is 13.8 Å². The number of hydrogen-bond acceptors (Lipinski definition) is 1. The summed E-state index contributed by atoms with van der Waals surface area (Å²) in [6.07, 6.45) is 0. The Labute approximate surface area is 58.1 Å². The van der Waals surface area contributed by atoms with Gasteiger partial charge in [0.1, 0.15) is 0 Å². The quantitative estimate of drug-likeness (QED) is 0.599. The molecule has 0 rings (SSSR count). The van der Waals surface area contributed by atoms with Crippen molar-refractivity contribution >= 4 is 27.9 Å². The predicted molar refractivity (Wildman–Crippen MR) is 36.3 cm³/mol. The summed E-state index contributed by atoms with van der Waals surface area (Å²) in [5.41, 5.74) is 0. The summed E-state index contributed by atoms with van der Waals surface area (Å²) in [5.74, 6) is 0.622. The van der Waals surface area contributed by atoms with Crippen LogP contribution in [0.1, 0.15) is 13.8 Å². The van der Waals surface area contributed by atoms with E-state index in [2.05, 4.69) is 30.0 Å². The van der Waals surface area contributed by atoms with Gasteiger partial charge in [-0.15, -0.1) is 0 Å². The molecule has 0 saturated carbocycles. The minimum absolute atomic E-state index is 0.622. The van der Waals surface area contributed by atoms with Gasteiger partial charge in [0, 0.05) is 22.7 Å². The van der Waals surface area contributed by atoms with Crippen molar-refractivity contribution in [1.82, 2.24) is 3.45 Å². The molecule has 0 aromatic carbocycles. The second-order valence-electron chi connectivity index (χ2n) is 1.88. The molecule has 0 N–H and O–H groups in total. The summed E-state index contributed by atoms with van der Waals surface area (Å²) in [6, 6.07) is 0. The second-order valence-corrected chi connectivity index (χ2v) is 3.55. The van der Waals surface area contributed by atoms with Gasteiger partial charge in [0.2, 0.25) is 0 Å². The number of halogens is 2. The maximum atomic E-state index is 5.42. The van der Waals surface area contributed by atoms with Gasteiger partial charge in [0.05, 0.1) is 0 Å². The van der Waals surface area contributed by atoms with Crippen LogP contribution in [0.3, 0.4) is 0 Å². The highest BCUT2D eigenvalue weighted by Crippen LogP contribution is 2.05. The van der Waals surface area contributed by atoms with Crippen LogP contribution in [0.25, 0.3) is 0 Å². The lowest BCUT2D eigenvalue weighted by atomic mass is 10.2. The standard InChI is InChI=1S/C4H9BrClN/c1-4(2)3-7(5)6/h4H,3H2,1-2H3. The number of nitrogens with zero attached hydrogens (tertiary/aromatic N) is 1. The minimum Gasteiger partial charge on any atom is -0.155 e. The van der Waals surface area contributed by atoms with Crippen LogP contribution in [-0.2, 0) is 0 Å². The molecule has 0 aromatic heterocycles. The lowest BCUT2D eigenvalue weighted by molar-refractivity contribution is 0.556. The maximum Gasteiger partial charge on any atom is 0.0289 e. The van der Waals surface area contributed by atoms with Gasteiger partial charge in [0.25, 0.3) is 0 Å². The fourth-order valence-corrected chi connectivity index (χ4v) is 1.13. The molecule has 0 amide bonds. The van der Waals surface area contributed by atoms with E-state index in [0.29, 0.717) is 5.92 Å². The average molecular weight is 186 g/mol. The van der Waals surface area contributed by atoms with E-state index in [-0.39, 0.29) is 0 Å². The van der Waals surface area contributed by atoms with Crippen LogP contribution in [0, 0.1) is 5.92 Å². The highest BCUT2D eigenvalue weighted by Gasteiger charge is 1.96. The van der Waals surface area contributed by atoms with Crippen molar-refractivity contribution in [1.29, 1.82) is 0 Å². The van der Waals surface area contributed by atoms with Crippen LogP contribution in [-0.4, -0.2) is 9.99 Å². The minimum atomic E-state index is 0.622. The van der Waals surface area contributed by atoms with E-state index < -0.39 is 0 Å². The Morgan fingerprint density at radius 3 is 2.14 bits per heavy atom. The molecule has 7 heavy (non-hydrogen) atoms. The van der Waals surface area contributed by atoms with Gasteiger partial charge in [-0.3, -0.25) is 0 Å². The molecule has 0 aliphatic carbocycles. The summed E-state index contributed by atoms with van der Waals surface area (Å²) < 4.78 is 1.48. The number of hydrogen-bond donors (Lipinski definition) is 0. The zero-order valence-electron chi connectivity index (χ0n) is 4.49. The van der Waals surface area contributed by atoms with Crippen LogP contribution in [0.5, 0.6) is 0 Å². The zero-order valence-corrected chi connectivity index (χ0v) is 6.83. The van der Waals surface area contributed by atoms with Crippen LogP contribution in [0.4, 0.5) is 0 Å². The predicted octanol–water partition coefficient (Wildman–Crippen LogP) is 2.41. The van der Waals surface area contributed by atoms with Crippen LogP contribution < -0.4 is 0 Å². The molecule has 0 saturated heterocycles. The molecule has 0 spiro atoms. The fourth-order valence-electron chi connectivity index (χ4n) is 0.276. The summed E-state index contributed by atoms with van der Waals surface area (Å²) >= 11 is 8.50. The van der Waals surface area contributed by atoms with Gasteiger partial charge >= 0.3 is 0 Å². The van der Waals surface area contributed by atoms with Gasteiger partial charge in [-0.05, 0) is 17.7 Å². The molecular formula is C4H9BrClN. The molecule has 44 valence electrons. The monoisotopic (exact) mass is 185 g/mol. The Bertz CT molecular complexity index is 41.0. The van der Waals surface area contributed by atoms with Crippen molar-refractivity contribution in [2.75, 3.05) is 6.54 Å². The molecule has 0 radical (unpaired) electrons. The summed E-state index contributed by atoms with van der Waals surface area (Å²) in [5, 5.41) is 0. The van der Waals surface area contributed by atoms with Gasteiger partial charge in [-0.2, -0.15) is 3.45 Å². The van der Waals surface area contributed by atoms with Crippen molar-refractivity contribution in [3.63, 3.8) is 0 Å². The van der Waals surface area contributed by atoms with E-state index in [1.807, 2.05) is 0 Å². The fraction of sp³-hybridized carbons (Fsp3) is 1.00. The SMILES string of the molecule is CC(C)CN(Cl)Br. The van der Waals surface area contributed by atoms with Gasteiger partial charge in [-0.1, -0.05) is 13.8 Å². The second kappa shape index (κ2) is 3.70. The van der Waals surface area contributed by atoms with Gasteiger partial charge in [0.15, 0.2) is 0 Å². The number of rotatable bonds is 2. The third kappa shape index (κ3) is 6.73. The first-order valence-corrected chi connectivity index (χ1v) is 3.26. The third-order valence-electron chi connectivity index (χ3n) is 0.503. The Balaban J connectivity index is 2.95. The van der Waals surface area contributed by atoms with Crippen molar-refractivity contribution in [2.24, 2.45) is 5.92 Å². The normalized spacial score (nSPS) is 11.1. The molecule has 0 aliphatic rings. The van der Waals surface area contributed by atoms with Crippen LogP contribution in [0.15, 0.2) is 0 Å². The van der Waals surface area contributed by atoms with E-state index in [9.17, 15) is 0 Å². The van der Waals surface area contributed by atoms with Crippen molar-refractivity contribution < 1.29 is 0 Å². The summed E-state index contributed by atoms with van der Waals surface area (Å²) in [4.78, 5) is 0. The van der Waals surface area contributed by atoms with E-state index in [0.717, 1.165) is 6.54 Å². The van der Waals surface area contributed by atoms with Crippen LogP contribution in [0.2, 0.25) is 0 Å². The molecule has 0 heterocycles. The first-order chi connectivity index (χ1) is 3.13. The third-order valence-corrected chi connectivity index (χ3v) is 0.931. The lowest BCUT2D eigenvalue weighted by Crippen LogP contribution is -2.05. The molecule has 0 aromatic rings. The van der Waals surface area contributed by atoms with Gasteiger partial charge in [-0.25, -0.2) is 0 Å². The maximum absolute atomic E-state index is 5.42. The first-order valence-electron chi connectivity index (χ1n) is 2.22. The highest BCUT2D eigenvalue weighted by atomic mass is 79.9. The molecule has 0 aliphatic heterocycles.